The number of aromatic nitrogens is 1. The Labute approximate surface area is 178 Å². The summed E-state index contributed by atoms with van der Waals surface area (Å²) in [5.41, 5.74) is 1.53. The SMILES string of the molecule is COc1ccc(-n2c(/C=C/[NH+](C)C)c([N+](=O)[O-])c3ccc(O)c(COC(C)=O)c32)cc1. The molecule has 1 heterocycles. The molecule has 2 N–H and O–H groups in total. The topological polar surface area (TPSA) is 108 Å². The van der Waals surface area contributed by atoms with Crippen LogP contribution in [0.25, 0.3) is 22.7 Å². The number of rotatable bonds is 7. The van der Waals surface area contributed by atoms with Gasteiger partial charge in [0.1, 0.15) is 23.8 Å². The van der Waals surface area contributed by atoms with Crippen LogP contribution in [0.15, 0.2) is 42.6 Å². The molecule has 0 aliphatic rings. The van der Waals surface area contributed by atoms with Crippen LogP contribution >= 0.6 is 0 Å². The summed E-state index contributed by atoms with van der Waals surface area (Å²) in [6.45, 7) is 1.04. The molecule has 31 heavy (non-hydrogen) atoms. The maximum Gasteiger partial charge on any atom is 0.302 e. The number of fused-ring (bicyclic) bond motifs is 1. The van der Waals surface area contributed by atoms with Crippen molar-refractivity contribution in [2.75, 3.05) is 21.2 Å². The maximum atomic E-state index is 12.1. The van der Waals surface area contributed by atoms with Crippen LogP contribution in [-0.2, 0) is 16.1 Å². The van der Waals surface area contributed by atoms with Crippen LogP contribution in [0.1, 0.15) is 18.2 Å². The predicted molar refractivity (Wildman–Crippen MR) is 115 cm³/mol. The van der Waals surface area contributed by atoms with Crippen LogP contribution in [0.2, 0.25) is 0 Å². The third-order valence-corrected chi connectivity index (χ3v) is 4.73. The van der Waals surface area contributed by atoms with Crippen LogP contribution < -0.4 is 9.64 Å². The molecule has 0 bridgehead atoms. The lowest BCUT2D eigenvalue weighted by molar-refractivity contribution is -0.800. The van der Waals surface area contributed by atoms with Gasteiger partial charge in [-0.2, -0.15) is 0 Å². The molecule has 0 unspecified atom stereocenters. The quantitative estimate of drug-likeness (QED) is 0.341. The van der Waals surface area contributed by atoms with E-state index in [0.717, 1.165) is 4.90 Å². The maximum absolute atomic E-state index is 12.1. The average Bonchev–Trinajstić information content (AvgIpc) is 3.05. The van der Waals surface area contributed by atoms with Crippen molar-refractivity contribution < 1.29 is 29.2 Å². The zero-order valence-corrected chi connectivity index (χ0v) is 17.7. The Bertz CT molecular complexity index is 1160. The number of esters is 1. The van der Waals surface area contributed by atoms with Gasteiger partial charge in [-0.05, 0) is 36.4 Å². The second-order valence-electron chi connectivity index (χ2n) is 7.17. The summed E-state index contributed by atoms with van der Waals surface area (Å²) in [7, 11) is 5.33. The number of phenolic OH excluding ortho intramolecular Hbond substituents is 1. The Morgan fingerprint density at radius 3 is 2.45 bits per heavy atom. The first kappa shape index (κ1) is 21.8. The Balaban J connectivity index is 2.44. The number of hydrogen-bond acceptors (Lipinski definition) is 6. The van der Waals surface area contributed by atoms with E-state index in [0.29, 0.717) is 28.0 Å². The zero-order valence-electron chi connectivity index (χ0n) is 17.7. The van der Waals surface area contributed by atoms with E-state index in [4.69, 9.17) is 9.47 Å². The molecule has 0 aliphatic heterocycles. The van der Waals surface area contributed by atoms with E-state index in [1.54, 1.807) is 48.2 Å². The van der Waals surface area contributed by atoms with Gasteiger partial charge >= 0.3 is 11.7 Å². The first-order valence-electron chi connectivity index (χ1n) is 9.54. The van der Waals surface area contributed by atoms with Gasteiger partial charge in [0, 0.05) is 18.7 Å². The molecule has 9 nitrogen and oxygen atoms in total. The van der Waals surface area contributed by atoms with Gasteiger partial charge in [-0.25, -0.2) is 0 Å². The Kier molecular flexibility index (Phi) is 6.26. The van der Waals surface area contributed by atoms with Gasteiger partial charge in [0.05, 0.1) is 48.8 Å². The van der Waals surface area contributed by atoms with Gasteiger partial charge in [-0.1, -0.05) is 0 Å². The normalized spacial score (nSPS) is 11.4. The molecule has 0 aliphatic carbocycles. The van der Waals surface area contributed by atoms with E-state index in [-0.39, 0.29) is 23.6 Å². The van der Waals surface area contributed by atoms with Crippen molar-refractivity contribution in [3.63, 3.8) is 0 Å². The lowest BCUT2D eigenvalue weighted by Crippen LogP contribution is -3.00. The standard InChI is InChI=1S/C22H23N3O6/c1-14(26)31-13-18-20(27)10-9-17-21(18)24(15-5-7-16(30-4)8-6-15)19(11-12-23(2)3)22(17)25(28)29/h5-12,27H,13H2,1-4H3/p+1/b12-11+. The third kappa shape index (κ3) is 4.36. The molecule has 9 heteroatoms. The Hall–Kier alpha value is -3.85. The van der Waals surface area contributed by atoms with Crippen molar-refractivity contribution in [1.29, 1.82) is 0 Å². The van der Waals surface area contributed by atoms with Gasteiger partial charge in [-0.15, -0.1) is 0 Å². The van der Waals surface area contributed by atoms with E-state index in [1.807, 2.05) is 14.1 Å². The number of ether oxygens (including phenoxy) is 2. The number of benzene rings is 2. The zero-order chi connectivity index (χ0) is 22.7. The van der Waals surface area contributed by atoms with Crippen LogP contribution in [0.4, 0.5) is 5.69 Å². The molecule has 0 spiro atoms. The third-order valence-electron chi connectivity index (χ3n) is 4.73. The second-order valence-corrected chi connectivity index (χ2v) is 7.17. The lowest BCUT2D eigenvalue weighted by Gasteiger charge is -2.13. The monoisotopic (exact) mass is 426 g/mol. The molecule has 0 atom stereocenters. The molecule has 1 aromatic heterocycles. The van der Waals surface area contributed by atoms with Gasteiger partial charge in [0.25, 0.3) is 0 Å². The summed E-state index contributed by atoms with van der Waals surface area (Å²) >= 11 is 0. The highest BCUT2D eigenvalue weighted by molar-refractivity contribution is 5.99. The fourth-order valence-electron chi connectivity index (χ4n) is 3.34. The van der Waals surface area contributed by atoms with Crippen LogP contribution in [0, 0.1) is 10.1 Å². The summed E-state index contributed by atoms with van der Waals surface area (Å²) in [5, 5.41) is 22.9. The van der Waals surface area contributed by atoms with Gasteiger partial charge < -0.3 is 24.0 Å². The molecular weight excluding hydrogens is 402 g/mol. The first-order chi connectivity index (χ1) is 14.7. The Morgan fingerprint density at radius 2 is 1.90 bits per heavy atom. The summed E-state index contributed by atoms with van der Waals surface area (Å²) < 4.78 is 12.0. The number of hydrogen-bond donors (Lipinski definition) is 2. The molecule has 0 saturated heterocycles. The number of quaternary nitrogens is 1. The number of nitrogens with zero attached hydrogens (tertiary/aromatic N) is 2. The first-order valence-corrected chi connectivity index (χ1v) is 9.54. The van der Waals surface area contributed by atoms with Gasteiger partial charge in [-0.3, -0.25) is 14.9 Å². The number of phenols is 1. The number of nitrogens with one attached hydrogen (secondary N) is 1. The smallest absolute Gasteiger partial charge is 0.302 e. The van der Waals surface area contributed by atoms with Gasteiger partial charge in [0.2, 0.25) is 0 Å². The molecule has 0 radical (unpaired) electrons. The summed E-state index contributed by atoms with van der Waals surface area (Å²) in [6, 6.07) is 9.89. The molecule has 0 amide bonds. The number of carbonyl (C=O) groups excluding carboxylic acids is 1. The van der Waals surface area contributed by atoms with E-state index >= 15 is 0 Å². The molecule has 3 rings (SSSR count). The van der Waals surface area contributed by atoms with E-state index < -0.39 is 10.9 Å². The second kappa shape index (κ2) is 8.88. The number of nitro groups is 1. The van der Waals surface area contributed by atoms with E-state index in [1.165, 1.54) is 19.1 Å². The van der Waals surface area contributed by atoms with E-state index in [2.05, 4.69) is 0 Å². The minimum Gasteiger partial charge on any atom is -0.507 e. The predicted octanol–water partition coefficient (Wildman–Crippen LogP) is 2.43. The summed E-state index contributed by atoms with van der Waals surface area (Å²) in [6.07, 6.45) is 3.46. The number of methoxy groups -OCH3 is 1. The molecule has 0 fully saturated rings. The van der Waals surface area contributed by atoms with Crippen molar-refractivity contribution in [1.82, 2.24) is 4.57 Å². The molecule has 162 valence electrons. The fourth-order valence-corrected chi connectivity index (χ4v) is 3.34. The highest BCUT2D eigenvalue weighted by Gasteiger charge is 2.29. The van der Waals surface area contributed by atoms with E-state index in [9.17, 15) is 20.0 Å². The molecule has 2 aromatic carbocycles. The minimum atomic E-state index is -0.523. The minimum absolute atomic E-state index is 0.104. The summed E-state index contributed by atoms with van der Waals surface area (Å²) in [4.78, 5) is 24.0. The van der Waals surface area contributed by atoms with Crippen LogP contribution in [0.5, 0.6) is 11.5 Å². The van der Waals surface area contributed by atoms with Gasteiger partial charge in [0.15, 0.2) is 0 Å². The van der Waals surface area contributed by atoms with Crippen molar-refractivity contribution in [2.24, 2.45) is 0 Å². The highest BCUT2D eigenvalue weighted by atomic mass is 16.6. The summed E-state index contributed by atoms with van der Waals surface area (Å²) in [5.74, 6) is -0.0121. The average molecular weight is 426 g/mol. The molecule has 3 aromatic rings. The largest absolute Gasteiger partial charge is 0.507 e. The fraction of sp³-hybridized carbons (Fsp3) is 0.227. The molecular formula is C22H24N3O6+. The van der Waals surface area contributed by atoms with Crippen molar-refractivity contribution >= 4 is 28.6 Å². The highest BCUT2D eigenvalue weighted by Crippen LogP contribution is 2.41. The molecule has 0 saturated carbocycles. The van der Waals surface area contributed by atoms with Crippen LogP contribution in [-0.4, -0.2) is 41.8 Å². The van der Waals surface area contributed by atoms with Crippen molar-refractivity contribution in [3.8, 4) is 17.2 Å². The van der Waals surface area contributed by atoms with Crippen molar-refractivity contribution in [3.05, 3.63) is 64.0 Å². The number of aromatic hydroxyl groups is 1. The lowest BCUT2D eigenvalue weighted by atomic mass is 10.1. The van der Waals surface area contributed by atoms with Crippen molar-refractivity contribution in [2.45, 2.75) is 13.5 Å². The number of carbonyl (C=O) groups is 1. The Morgan fingerprint density at radius 1 is 1.23 bits per heavy atom. The van der Waals surface area contributed by atoms with Crippen LogP contribution in [0.3, 0.4) is 0 Å².